The third kappa shape index (κ3) is 0.920. The van der Waals surface area contributed by atoms with Crippen LogP contribution in [0, 0.1) is 5.92 Å². The number of hydrogen-bond acceptors (Lipinski definition) is 1. The van der Waals surface area contributed by atoms with Crippen molar-refractivity contribution in [2.75, 3.05) is 20.1 Å². The second kappa shape index (κ2) is 1.90. The van der Waals surface area contributed by atoms with Crippen LogP contribution in [-0.2, 0) is 0 Å². The molecule has 1 atom stereocenters. The molecule has 1 nitrogen and oxygen atoms in total. The van der Waals surface area contributed by atoms with Crippen molar-refractivity contribution in [3.05, 3.63) is 12.2 Å². The van der Waals surface area contributed by atoms with E-state index < -0.39 is 0 Å². The Morgan fingerprint density at radius 2 is 2.38 bits per heavy atom. The van der Waals surface area contributed by atoms with Crippen molar-refractivity contribution in [2.24, 2.45) is 5.92 Å². The molecule has 0 aromatic heterocycles. The minimum absolute atomic E-state index is 0.722. The van der Waals surface area contributed by atoms with E-state index in [1.807, 2.05) is 0 Å². The monoisotopic (exact) mass is 111 g/mol. The van der Waals surface area contributed by atoms with E-state index >= 15 is 0 Å². The van der Waals surface area contributed by atoms with E-state index in [0.29, 0.717) is 0 Å². The predicted molar refractivity (Wildman–Crippen MR) is 35.8 cm³/mol. The standard InChI is InChI=1S/C7H13N/c1-6-4-8(3)5-7(6)2/h7H,1,4-5H2,2-3H3/t7-/m1/s1. The van der Waals surface area contributed by atoms with Gasteiger partial charge in [-0.2, -0.15) is 0 Å². The number of likely N-dealkylation sites (tertiary alicyclic amines) is 1. The first-order chi connectivity index (χ1) is 3.70. The third-order valence-electron chi connectivity index (χ3n) is 1.76. The zero-order chi connectivity index (χ0) is 6.15. The summed E-state index contributed by atoms with van der Waals surface area (Å²) in [7, 11) is 2.13. The summed E-state index contributed by atoms with van der Waals surface area (Å²) in [6.45, 7) is 8.46. The summed E-state index contributed by atoms with van der Waals surface area (Å²) in [5, 5.41) is 0. The normalized spacial score (nSPS) is 31.8. The van der Waals surface area contributed by atoms with Gasteiger partial charge < -0.3 is 4.90 Å². The van der Waals surface area contributed by atoms with E-state index in [4.69, 9.17) is 0 Å². The molecule has 0 aromatic carbocycles. The Bertz CT molecular complexity index is 107. The fourth-order valence-electron chi connectivity index (χ4n) is 1.16. The molecular formula is C7H13N. The minimum atomic E-state index is 0.722. The van der Waals surface area contributed by atoms with Gasteiger partial charge in [0.15, 0.2) is 0 Å². The summed E-state index contributed by atoms with van der Waals surface area (Å²) in [4.78, 5) is 2.30. The van der Waals surface area contributed by atoms with E-state index in [0.717, 1.165) is 12.5 Å². The molecule has 1 aliphatic rings. The molecule has 0 aromatic rings. The van der Waals surface area contributed by atoms with E-state index in [2.05, 4.69) is 25.5 Å². The molecular weight excluding hydrogens is 98.1 g/mol. The Kier molecular flexibility index (Phi) is 1.39. The van der Waals surface area contributed by atoms with Crippen LogP contribution in [0.3, 0.4) is 0 Å². The molecule has 1 rings (SSSR count). The molecule has 0 saturated carbocycles. The first kappa shape index (κ1) is 5.83. The second-order valence-corrected chi connectivity index (χ2v) is 2.76. The van der Waals surface area contributed by atoms with E-state index in [1.54, 1.807) is 0 Å². The van der Waals surface area contributed by atoms with Crippen LogP contribution in [0.15, 0.2) is 12.2 Å². The summed E-state index contributed by atoms with van der Waals surface area (Å²) < 4.78 is 0. The molecule has 0 N–H and O–H groups in total. The topological polar surface area (TPSA) is 3.24 Å². The van der Waals surface area contributed by atoms with Gasteiger partial charge in [-0.15, -0.1) is 0 Å². The van der Waals surface area contributed by atoms with Crippen molar-refractivity contribution >= 4 is 0 Å². The van der Waals surface area contributed by atoms with Crippen molar-refractivity contribution in [2.45, 2.75) is 6.92 Å². The van der Waals surface area contributed by atoms with Gasteiger partial charge in [-0.3, -0.25) is 0 Å². The average molecular weight is 111 g/mol. The molecule has 1 fully saturated rings. The zero-order valence-electron chi connectivity index (χ0n) is 5.65. The molecule has 1 aliphatic heterocycles. The Morgan fingerprint density at radius 1 is 1.75 bits per heavy atom. The average Bonchev–Trinajstić information content (AvgIpc) is 1.85. The molecule has 0 spiro atoms. The lowest BCUT2D eigenvalue weighted by molar-refractivity contribution is 0.403. The molecule has 0 amide bonds. The zero-order valence-corrected chi connectivity index (χ0v) is 5.65. The van der Waals surface area contributed by atoms with E-state index in [9.17, 15) is 0 Å². The fourth-order valence-corrected chi connectivity index (χ4v) is 1.16. The van der Waals surface area contributed by atoms with Crippen molar-refractivity contribution < 1.29 is 0 Å². The maximum Gasteiger partial charge on any atom is 0.0190 e. The van der Waals surface area contributed by atoms with Gasteiger partial charge >= 0.3 is 0 Å². The van der Waals surface area contributed by atoms with E-state index in [1.165, 1.54) is 12.1 Å². The Balaban J connectivity index is 2.51. The van der Waals surface area contributed by atoms with Crippen LogP contribution in [0.4, 0.5) is 0 Å². The molecule has 8 heavy (non-hydrogen) atoms. The van der Waals surface area contributed by atoms with Crippen molar-refractivity contribution in [1.29, 1.82) is 0 Å². The first-order valence-corrected chi connectivity index (χ1v) is 3.06. The van der Waals surface area contributed by atoms with Crippen molar-refractivity contribution in [1.82, 2.24) is 4.90 Å². The lowest BCUT2D eigenvalue weighted by Gasteiger charge is -2.02. The first-order valence-electron chi connectivity index (χ1n) is 3.06. The van der Waals surface area contributed by atoms with Gasteiger partial charge in [0, 0.05) is 13.1 Å². The molecule has 0 aliphatic carbocycles. The smallest absolute Gasteiger partial charge is 0.0190 e. The summed E-state index contributed by atoms with van der Waals surface area (Å²) in [6, 6.07) is 0. The van der Waals surface area contributed by atoms with Crippen LogP contribution in [0.25, 0.3) is 0 Å². The van der Waals surface area contributed by atoms with Crippen LogP contribution in [0.5, 0.6) is 0 Å². The van der Waals surface area contributed by atoms with Gasteiger partial charge in [0.2, 0.25) is 0 Å². The molecule has 0 radical (unpaired) electrons. The van der Waals surface area contributed by atoms with E-state index in [-0.39, 0.29) is 0 Å². The molecule has 0 unspecified atom stereocenters. The van der Waals surface area contributed by atoms with Crippen LogP contribution < -0.4 is 0 Å². The number of nitrogens with zero attached hydrogens (tertiary/aromatic N) is 1. The summed E-state index contributed by atoms with van der Waals surface area (Å²) >= 11 is 0. The number of hydrogen-bond donors (Lipinski definition) is 0. The second-order valence-electron chi connectivity index (χ2n) is 2.76. The third-order valence-corrected chi connectivity index (χ3v) is 1.76. The molecule has 1 saturated heterocycles. The highest BCUT2D eigenvalue weighted by Gasteiger charge is 2.17. The Morgan fingerprint density at radius 3 is 2.50 bits per heavy atom. The van der Waals surface area contributed by atoms with Crippen molar-refractivity contribution in [3.63, 3.8) is 0 Å². The molecule has 46 valence electrons. The number of rotatable bonds is 0. The molecule has 1 heteroatoms. The maximum atomic E-state index is 3.94. The van der Waals surface area contributed by atoms with Gasteiger partial charge in [-0.05, 0) is 13.0 Å². The maximum absolute atomic E-state index is 3.94. The lowest BCUT2D eigenvalue weighted by Crippen LogP contribution is -2.12. The van der Waals surface area contributed by atoms with Crippen LogP contribution >= 0.6 is 0 Å². The Hall–Kier alpha value is -0.300. The molecule has 0 bridgehead atoms. The number of likely N-dealkylation sites (N-methyl/N-ethyl adjacent to an activating group) is 1. The highest BCUT2D eigenvalue weighted by atomic mass is 15.1. The Labute approximate surface area is 51.0 Å². The predicted octanol–water partition coefficient (Wildman–Crippen LogP) is 1.12. The van der Waals surface area contributed by atoms with Gasteiger partial charge in [-0.1, -0.05) is 19.1 Å². The summed E-state index contributed by atoms with van der Waals surface area (Å²) in [6.07, 6.45) is 0. The van der Waals surface area contributed by atoms with Crippen molar-refractivity contribution in [3.8, 4) is 0 Å². The fraction of sp³-hybridized carbons (Fsp3) is 0.714. The van der Waals surface area contributed by atoms with Gasteiger partial charge in [0.05, 0.1) is 0 Å². The lowest BCUT2D eigenvalue weighted by atomic mass is 10.1. The highest BCUT2D eigenvalue weighted by Crippen LogP contribution is 2.17. The quantitative estimate of drug-likeness (QED) is 0.423. The van der Waals surface area contributed by atoms with Crippen LogP contribution in [0.1, 0.15) is 6.92 Å². The van der Waals surface area contributed by atoms with Gasteiger partial charge in [0.25, 0.3) is 0 Å². The highest BCUT2D eigenvalue weighted by molar-refractivity contribution is 5.07. The van der Waals surface area contributed by atoms with Gasteiger partial charge in [0.1, 0.15) is 0 Å². The summed E-state index contributed by atoms with van der Waals surface area (Å²) in [5.41, 5.74) is 1.38. The summed E-state index contributed by atoms with van der Waals surface area (Å²) in [5.74, 6) is 0.722. The minimum Gasteiger partial charge on any atom is -0.302 e. The molecule has 1 heterocycles. The largest absolute Gasteiger partial charge is 0.302 e. The van der Waals surface area contributed by atoms with Crippen LogP contribution in [0.2, 0.25) is 0 Å². The SMILES string of the molecule is C=C1CN(C)C[C@H]1C. The van der Waals surface area contributed by atoms with Gasteiger partial charge in [-0.25, -0.2) is 0 Å². The van der Waals surface area contributed by atoms with Crippen LogP contribution in [-0.4, -0.2) is 25.0 Å².